The normalized spacial score (nSPS) is 9.54. The highest BCUT2D eigenvalue weighted by Crippen LogP contribution is 1.87. The summed E-state index contributed by atoms with van der Waals surface area (Å²) in [6.07, 6.45) is 1.18. The van der Waals surface area contributed by atoms with E-state index in [1.54, 1.807) is 6.92 Å². The van der Waals surface area contributed by atoms with Crippen LogP contribution < -0.4 is 0 Å². The Bertz CT molecular complexity index is 203. The van der Waals surface area contributed by atoms with Crippen LogP contribution in [0.5, 0.6) is 0 Å². The largest absolute Gasteiger partial charge is 0.395 e. The smallest absolute Gasteiger partial charge is 0.130 e. The minimum Gasteiger partial charge on any atom is -0.395 e. The molecule has 0 saturated carbocycles. The van der Waals surface area contributed by atoms with Crippen LogP contribution in [-0.2, 0) is 4.79 Å². The summed E-state index contributed by atoms with van der Waals surface area (Å²) in [6, 6.07) is 0. The summed E-state index contributed by atoms with van der Waals surface area (Å²) in [5, 5.41) is 8.58. The fourth-order valence-corrected chi connectivity index (χ4v) is 0.768. The topological polar surface area (TPSA) is 40.5 Å². The van der Waals surface area contributed by atoms with Crippen molar-refractivity contribution in [2.24, 2.45) is 0 Å². The van der Waals surface area contributed by atoms with Gasteiger partial charge < -0.3 is 5.11 Å². The summed E-state index contributed by atoms with van der Waals surface area (Å²) in [4.78, 5) is 12.5. The van der Waals surface area contributed by atoms with E-state index in [0.29, 0.717) is 25.9 Å². The molecule has 0 aliphatic carbocycles. The number of aliphatic hydroxyl groups is 1. The third kappa shape index (κ3) is 9.06. The molecule has 0 amide bonds. The van der Waals surface area contributed by atoms with Gasteiger partial charge in [-0.25, -0.2) is 0 Å². The zero-order chi connectivity index (χ0) is 10.1. The van der Waals surface area contributed by atoms with Crippen molar-refractivity contribution in [1.82, 2.24) is 4.90 Å². The Morgan fingerprint density at radius 3 is 2.69 bits per heavy atom. The second-order valence-electron chi connectivity index (χ2n) is 3.02. The molecule has 0 rings (SSSR count). The molecule has 3 nitrogen and oxygen atoms in total. The van der Waals surface area contributed by atoms with Crippen molar-refractivity contribution in [3.8, 4) is 11.8 Å². The van der Waals surface area contributed by atoms with E-state index in [2.05, 4.69) is 11.8 Å². The lowest BCUT2D eigenvalue weighted by Gasteiger charge is -2.09. The van der Waals surface area contributed by atoms with Crippen LogP contribution in [0, 0.1) is 11.8 Å². The molecule has 0 fully saturated rings. The number of rotatable bonds is 5. The van der Waals surface area contributed by atoms with Crippen molar-refractivity contribution in [2.45, 2.75) is 19.8 Å². The van der Waals surface area contributed by atoms with Crippen LogP contribution in [0.2, 0.25) is 0 Å². The summed E-state index contributed by atoms with van der Waals surface area (Å²) in [5.41, 5.74) is 0. The van der Waals surface area contributed by atoms with E-state index in [-0.39, 0.29) is 12.4 Å². The minimum absolute atomic E-state index is 0.158. The molecular weight excluding hydrogens is 166 g/mol. The van der Waals surface area contributed by atoms with E-state index in [1.165, 1.54) is 0 Å². The zero-order valence-corrected chi connectivity index (χ0v) is 8.34. The summed E-state index contributed by atoms with van der Waals surface area (Å²) >= 11 is 0. The maximum Gasteiger partial charge on any atom is 0.130 e. The molecule has 3 heteroatoms. The number of carbonyl (C=O) groups is 1. The number of Topliss-reactive ketones (excluding diaryl/α,β-unsaturated/α-hetero) is 1. The van der Waals surface area contributed by atoms with E-state index in [0.717, 1.165) is 0 Å². The Kier molecular flexibility index (Phi) is 7.27. The van der Waals surface area contributed by atoms with Gasteiger partial charge in [-0.15, -0.1) is 5.92 Å². The van der Waals surface area contributed by atoms with Crippen LogP contribution in [0.15, 0.2) is 0 Å². The molecule has 0 aliphatic rings. The monoisotopic (exact) mass is 183 g/mol. The maximum absolute atomic E-state index is 10.5. The highest BCUT2D eigenvalue weighted by Gasteiger charge is 1.91. The number of nitrogens with zero attached hydrogens (tertiary/aromatic N) is 1. The van der Waals surface area contributed by atoms with Crippen LogP contribution >= 0.6 is 0 Å². The first-order valence-electron chi connectivity index (χ1n) is 4.41. The molecule has 0 saturated heterocycles. The number of likely N-dealkylation sites (N-methyl/N-ethyl adjacent to an activating group) is 1. The van der Waals surface area contributed by atoms with Gasteiger partial charge in [0.1, 0.15) is 5.78 Å². The van der Waals surface area contributed by atoms with Gasteiger partial charge in [-0.2, -0.15) is 0 Å². The van der Waals surface area contributed by atoms with Gasteiger partial charge in [0.05, 0.1) is 13.2 Å². The Labute approximate surface area is 79.7 Å². The van der Waals surface area contributed by atoms with E-state index in [1.807, 2.05) is 11.9 Å². The Morgan fingerprint density at radius 2 is 2.15 bits per heavy atom. The standard InChI is InChI=1S/C10H17NO2/c1-10(13)6-4-3-5-7-11(2)8-9-12/h12H,4,6-9H2,1-2H3. The average Bonchev–Trinajstić information content (AvgIpc) is 2.03. The van der Waals surface area contributed by atoms with Gasteiger partial charge in [0.15, 0.2) is 0 Å². The summed E-state index contributed by atoms with van der Waals surface area (Å²) in [5.74, 6) is 6.03. The van der Waals surface area contributed by atoms with E-state index < -0.39 is 0 Å². The molecule has 0 radical (unpaired) electrons. The van der Waals surface area contributed by atoms with Gasteiger partial charge in [0, 0.05) is 19.4 Å². The molecule has 13 heavy (non-hydrogen) atoms. The van der Waals surface area contributed by atoms with Crippen LogP contribution in [-0.4, -0.2) is 42.5 Å². The first-order valence-corrected chi connectivity index (χ1v) is 4.41. The fraction of sp³-hybridized carbons (Fsp3) is 0.700. The average molecular weight is 183 g/mol. The van der Waals surface area contributed by atoms with E-state index in [4.69, 9.17) is 5.11 Å². The fourth-order valence-electron chi connectivity index (χ4n) is 0.768. The molecule has 0 aromatic heterocycles. The molecular formula is C10H17NO2. The third-order valence-electron chi connectivity index (χ3n) is 1.56. The second kappa shape index (κ2) is 7.78. The number of hydrogen-bond acceptors (Lipinski definition) is 3. The third-order valence-corrected chi connectivity index (χ3v) is 1.56. The molecule has 0 heterocycles. The van der Waals surface area contributed by atoms with Gasteiger partial charge >= 0.3 is 0 Å². The van der Waals surface area contributed by atoms with Crippen LogP contribution in [0.25, 0.3) is 0 Å². The van der Waals surface area contributed by atoms with Gasteiger partial charge in [-0.1, -0.05) is 5.92 Å². The summed E-state index contributed by atoms with van der Waals surface area (Å²) in [7, 11) is 1.90. The van der Waals surface area contributed by atoms with E-state index in [9.17, 15) is 4.79 Å². The first-order chi connectivity index (χ1) is 6.16. The molecule has 74 valence electrons. The minimum atomic E-state index is 0.158. The SMILES string of the molecule is CC(=O)CCC#CCN(C)CCO. The quantitative estimate of drug-likeness (QED) is 0.622. The molecule has 0 unspecified atom stereocenters. The maximum atomic E-state index is 10.5. The van der Waals surface area contributed by atoms with Gasteiger partial charge in [-0.05, 0) is 14.0 Å². The van der Waals surface area contributed by atoms with Crippen molar-refractivity contribution in [3.05, 3.63) is 0 Å². The van der Waals surface area contributed by atoms with Crippen molar-refractivity contribution in [1.29, 1.82) is 0 Å². The van der Waals surface area contributed by atoms with Crippen molar-refractivity contribution < 1.29 is 9.90 Å². The second-order valence-corrected chi connectivity index (χ2v) is 3.02. The van der Waals surface area contributed by atoms with Crippen molar-refractivity contribution in [3.63, 3.8) is 0 Å². The molecule has 0 atom stereocenters. The molecule has 0 aromatic carbocycles. The highest BCUT2D eigenvalue weighted by molar-refractivity contribution is 5.75. The molecule has 0 bridgehead atoms. The number of ketones is 1. The lowest BCUT2D eigenvalue weighted by atomic mass is 10.2. The molecule has 1 N–H and O–H groups in total. The Hall–Kier alpha value is -0.850. The van der Waals surface area contributed by atoms with Gasteiger partial charge in [0.2, 0.25) is 0 Å². The Balaban J connectivity index is 3.43. The predicted molar refractivity (Wildman–Crippen MR) is 52.3 cm³/mol. The number of hydrogen-bond donors (Lipinski definition) is 1. The Morgan fingerprint density at radius 1 is 1.46 bits per heavy atom. The lowest BCUT2D eigenvalue weighted by Crippen LogP contribution is -2.22. The number of carbonyl (C=O) groups excluding carboxylic acids is 1. The lowest BCUT2D eigenvalue weighted by molar-refractivity contribution is -0.116. The van der Waals surface area contributed by atoms with E-state index >= 15 is 0 Å². The molecule has 0 aliphatic heterocycles. The van der Waals surface area contributed by atoms with Gasteiger partial charge in [-0.3, -0.25) is 9.69 Å². The summed E-state index contributed by atoms with van der Waals surface area (Å²) in [6.45, 7) is 3.02. The van der Waals surface area contributed by atoms with Crippen molar-refractivity contribution in [2.75, 3.05) is 26.7 Å². The zero-order valence-electron chi connectivity index (χ0n) is 8.34. The molecule has 0 aromatic rings. The van der Waals surface area contributed by atoms with Crippen LogP contribution in [0.1, 0.15) is 19.8 Å². The first kappa shape index (κ1) is 12.2. The van der Waals surface area contributed by atoms with Crippen LogP contribution in [0.4, 0.5) is 0 Å². The van der Waals surface area contributed by atoms with Crippen LogP contribution in [0.3, 0.4) is 0 Å². The van der Waals surface area contributed by atoms with Gasteiger partial charge in [0.25, 0.3) is 0 Å². The van der Waals surface area contributed by atoms with Crippen molar-refractivity contribution >= 4 is 5.78 Å². The number of aliphatic hydroxyl groups excluding tert-OH is 1. The predicted octanol–water partition coefficient (Wildman–Crippen LogP) is 0.283. The molecule has 0 spiro atoms. The summed E-state index contributed by atoms with van der Waals surface area (Å²) < 4.78 is 0. The highest BCUT2D eigenvalue weighted by atomic mass is 16.3.